The Morgan fingerprint density at radius 1 is 1.48 bits per heavy atom. The van der Waals surface area contributed by atoms with Crippen LogP contribution in [0.5, 0.6) is 0 Å². The van der Waals surface area contributed by atoms with E-state index in [0.717, 1.165) is 12.3 Å². The van der Waals surface area contributed by atoms with Crippen LogP contribution in [0.2, 0.25) is 0 Å². The van der Waals surface area contributed by atoms with Gasteiger partial charge in [-0.15, -0.1) is 0 Å². The number of hydrogen-bond acceptors (Lipinski definition) is 5. The number of amides is 1. The molecule has 21 heavy (non-hydrogen) atoms. The van der Waals surface area contributed by atoms with Crippen molar-refractivity contribution in [3.63, 3.8) is 0 Å². The number of anilines is 1. The molecule has 0 spiro atoms. The molecule has 0 saturated heterocycles. The summed E-state index contributed by atoms with van der Waals surface area (Å²) in [7, 11) is 0. The number of halogens is 3. The lowest BCUT2D eigenvalue weighted by molar-refractivity contribution is -0.385. The summed E-state index contributed by atoms with van der Waals surface area (Å²) in [5, 5.41) is 15.0. The molecule has 10 heteroatoms. The second kappa shape index (κ2) is 6.86. The molecule has 0 aliphatic rings. The van der Waals surface area contributed by atoms with E-state index in [1.165, 1.54) is 0 Å². The molecule has 0 aliphatic heterocycles. The second-order valence-corrected chi connectivity index (χ2v) is 4.07. The summed E-state index contributed by atoms with van der Waals surface area (Å²) in [6.45, 7) is 0.730. The van der Waals surface area contributed by atoms with Crippen molar-refractivity contribution in [3.8, 4) is 0 Å². The van der Waals surface area contributed by atoms with Gasteiger partial charge in [0, 0.05) is 12.6 Å². The lowest BCUT2D eigenvalue weighted by atomic mass is 10.2. The zero-order valence-electron chi connectivity index (χ0n) is 11.0. The molecule has 1 heterocycles. The molecule has 0 unspecified atom stereocenters. The number of nitro groups is 1. The Morgan fingerprint density at radius 3 is 2.67 bits per heavy atom. The van der Waals surface area contributed by atoms with Gasteiger partial charge in [0.1, 0.15) is 18.6 Å². The van der Waals surface area contributed by atoms with Gasteiger partial charge in [0.25, 0.3) is 11.6 Å². The molecule has 0 saturated carbocycles. The highest BCUT2D eigenvalue weighted by atomic mass is 19.4. The van der Waals surface area contributed by atoms with E-state index in [1.54, 1.807) is 5.32 Å². The highest BCUT2D eigenvalue weighted by Gasteiger charge is 2.29. The molecule has 0 atom stereocenters. The molecule has 1 amide bonds. The van der Waals surface area contributed by atoms with E-state index in [9.17, 15) is 28.1 Å². The molecule has 2 N–H and O–H groups in total. The number of nitrogens with zero attached hydrogens (tertiary/aromatic N) is 2. The molecule has 0 bridgehead atoms. The fourth-order valence-corrected chi connectivity index (χ4v) is 1.39. The average molecular weight is 306 g/mol. The van der Waals surface area contributed by atoms with Crippen LogP contribution in [0.4, 0.5) is 24.7 Å². The van der Waals surface area contributed by atoms with Gasteiger partial charge >= 0.3 is 6.18 Å². The van der Waals surface area contributed by atoms with Crippen molar-refractivity contribution in [2.45, 2.75) is 19.5 Å². The molecule has 0 radical (unpaired) electrons. The Balaban J connectivity index is 3.01. The number of nitrogens with one attached hydrogen (secondary N) is 2. The van der Waals surface area contributed by atoms with Gasteiger partial charge in [-0.05, 0) is 6.42 Å². The highest BCUT2D eigenvalue weighted by Crippen LogP contribution is 2.20. The lowest BCUT2D eigenvalue weighted by Gasteiger charge is -2.11. The van der Waals surface area contributed by atoms with E-state index in [4.69, 9.17) is 0 Å². The minimum absolute atomic E-state index is 0.00197. The van der Waals surface area contributed by atoms with Crippen molar-refractivity contribution in [2.24, 2.45) is 0 Å². The van der Waals surface area contributed by atoms with Crippen LogP contribution >= 0.6 is 0 Å². The fourth-order valence-electron chi connectivity index (χ4n) is 1.39. The average Bonchev–Trinajstić information content (AvgIpc) is 2.41. The fraction of sp³-hybridized carbons (Fsp3) is 0.455. The molecular formula is C11H13F3N4O3. The van der Waals surface area contributed by atoms with Gasteiger partial charge in [-0.3, -0.25) is 14.9 Å². The first-order chi connectivity index (χ1) is 9.74. The zero-order chi connectivity index (χ0) is 16.0. The molecule has 1 rings (SSSR count). The normalized spacial score (nSPS) is 11.0. The Morgan fingerprint density at radius 2 is 2.14 bits per heavy atom. The monoisotopic (exact) mass is 306 g/mol. The number of aromatic nitrogens is 1. The molecule has 7 nitrogen and oxygen atoms in total. The van der Waals surface area contributed by atoms with Crippen molar-refractivity contribution in [1.29, 1.82) is 0 Å². The number of carbonyl (C=O) groups excluding carboxylic acids is 1. The predicted octanol–water partition coefficient (Wildman–Crippen LogP) is 2.10. The van der Waals surface area contributed by atoms with E-state index >= 15 is 0 Å². The maximum absolute atomic E-state index is 12.1. The van der Waals surface area contributed by atoms with Crippen LogP contribution in [0, 0.1) is 10.1 Å². The van der Waals surface area contributed by atoms with Gasteiger partial charge in [0.2, 0.25) is 0 Å². The number of alkyl halides is 3. The Labute approximate surface area is 117 Å². The summed E-state index contributed by atoms with van der Waals surface area (Å²) >= 11 is 0. The van der Waals surface area contributed by atoms with Crippen LogP contribution in [-0.4, -0.2) is 35.1 Å². The summed E-state index contributed by atoms with van der Waals surface area (Å²) < 4.78 is 36.3. The summed E-state index contributed by atoms with van der Waals surface area (Å²) in [6.07, 6.45) is -2.96. The van der Waals surface area contributed by atoms with Crippen LogP contribution in [-0.2, 0) is 0 Å². The molecule has 1 aromatic rings. The Hall–Kier alpha value is -2.39. The first-order valence-corrected chi connectivity index (χ1v) is 5.98. The summed E-state index contributed by atoms with van der Waals surface area (Å²) in [6, 6.07) is 0.886. The van der Waals surface area contributed by atoms with E-state index in [-0.39, 0.29) is 11.4 Å². The van der Waals surface area contributed by atoms with Crippen LogP contribution in [0.1, 0.15) is 23.7 Å². The molecule has 116 valence electrons. The number of rotatable bonds is 6. The molecule has 1 aromatic heterocycles. The summed E-state index contributed by atoms with van der Waals surface area (Å²) in [5.41, 5.74) is -0.781. The number of carbonyl (C=O) groups is 1. The minimum Gasteiger partial charge on any atom is -0.369 e. The first-order valence-electron chi connectivity index (χ1n) is 5.98. The molecule has 0 fully saturated rings. The second-order valence-electron chi connectivity index (χ2n) is 4.07. The van der Waals surface area contributed by atoms with Gasteiger partial charge in [-0.2, -0.15) is 13.2 Å². The van der Waals surface area contributed by atoms with E-state index in [0.29, 0.717) is 13.0 Å². The minimum atomic E-state index is -4.57. The zero-order valence-corrected chi connectivity index (χ0v) is 11.0. The third-order valence-electron chi connectivity index (χ3n) is 2.32. The topological polar surface area (TPSA) is 97.2 Å². The predicted molar refractivity (Wildman–Crippen MR) is 68.1 cm³/mol. The standard InChI is InChI=1S/C11H13F3N4O3/c1-2-3-15-9-8(4-7(5-16-9)18(20)21)10(19)17-6-11(12,13)14/h4-5H,2-3,6H2,1H3,(H,15,16)(H,17,19). The Bertz CT molecular complexity index is 534. The third-order valence-corrected chi connectivity index (χ3v) is 2.32. The van der Waals surface area contributed by atoms with Crippen LogP contribution in [0.3, 0.4) is 0 Å². The van der Waals surface area contributed by atoms with E-state index in [2.05, 4.69) is 10.3 Å². The smallest absolute Gasteiger partial charge is 0.369 e. The van der Waals surface area contributed by atoms with Gasteiger partial charge < -0.3 is 10.6 Å². The van der Waals surface area contributed by atoms with Gasteiger partial charge in [0.05, 0.1) is 10.5 Å². The summed E-state index contributed by atoms with van der Waals surface area (Å²) in [5.74, 6) is -1.08. The van der Waals surface area contributed by atoms with Crippen LogP contribution in [0.15, 0.2) is 12.3 Å². The van der Waals surface area contributed by atoms with Crippen molar-refractivity contribution < 1.29 is 22.9 Å². The third kappa shape index (κ3) is 5.24. The largest absolute Gasteiger partial charge is 0.405 e. The maximum atomic E-state index is 12.1. The van der Waals surface area contributed by atoms with Crippen molar-refractivity contribution in [3.05, 3.63) is 27.9 Å². The summed E-state index contributed by atoms with van der Waals surface area (Å²) in [4.78, 5) is 25.3. The van der Waals surface area contributed by atoms with Crippen molar-refractivity contribution >= 4 is 17.4 Å². The quantitative estimate of drug-likeness (QED) is 0.619. The molecule has 0 aliphatic carbocycles. The van der Waals surface area contributed by atoms with Crippen LogP contribution < -0.4 is 10.6 Å². The molecule has 0 aromatic carbocycles. The van der Waals surface area contributed by atoms with Crippen molar-refractivity contribution in [1.82, 2.24) is 10.3 Å². The first kappa shape index (κ1) is 16.7. The van der Waals surface area contributed by atoms with Gasteiger partial charge in [0.15, 0.2) is 0 Å². The molecular weight excluding hydrogens is 293 g/mol. The van der Waals surface area contributed by atoms with Crippen LogP contribution in [0.25, 0.3) is 0 Å². The lowest BCUT2D eigenvalue weighted by Crippen LogP contribution is -2.34. The number of hydrogen-bond donors (Lipinski definition) is 2. The van der Waals surface area contributed by atoms with Gasteiger partial charge in [-0.1, -0.05) is 6.92 Å². The van der Waals surface area contributed by atoms with E-state index in [1.807, 2.05) is 6.92 Å². The highest BCUT2D eigenvalue weighted by molar-refractivity contribution is 5.99. The Kier molecular flexibility index (Phi) is 5.44. The number of pyridine rings is 1. The van der Waals surface area contributed by atoms with Gasteiger partial charge in [-0.25, -0.2) is 4.98 Å². The maximum Gasteiger partial charge on any atom is 0.405 e. The van der Waals surface area contributed by atoms with Crippen molar-refractivity contribution in [2.75, 3.05) is 18.4 Å². The van der Waals surface area contributed by atoms with E-state index < -0.39 is 29.2 Å². The SMILES string of the molecule is CCCNc1ncc([N+](=O)[O-])cc1C(=O)NCC(F)(F)F.